The van der Waals surface area contributed by atoms with Crippen LogP contribution in [0.15, 0.2) is 18.2 Å². The standard InChI is InChI=1S/C18H26ClN3O2.ClH/c1-3-22(4-2)18(24)15-9-8-14(11-16(15)19)21-17(23)12-6-5-7-13(20)10-12;/h8-9,11-13H,3-7,10,20H2,1-2H3,(H,21,23);1H. The Morgan fingerprint density at radius 2 is 1.96 bits per heavy atom. The summed E-state index contributed by atoms with van der Waals surface area (Å²) in [6, 6.07) is 5.14. The number of halogens is 2. The van der Waals surface area contributed by atoms with Crippen LogP contribution in [0.25, 0.3) is 0 Å². The van der Waals surface area contributed by atoms with Crippen molar-refractivity contribution in [2.45, 2.75) is 45.6 Å². The molecular weight excluding hydrogens is 361 g/mol. The maximum Gasteiger partial charge on any atom is 0.255 e. The van der Waals surface area contributed by atoms with Crippen molar-refractivity contribution in [1.29, 1.82) is 0 Å². The fourth-order valence-electron chi connectivity index (χ4n) is 3.16. The SMILES string of the molecule is CCN(CC)C(=O)c1ccc(NC(=O)C2CCCC(N)C2)cc1Cl.Cl. The maximum absolute atomic E-state index is 12.4. The van der Waals surface area contributed by atoms with Gasteiger partial charge in [-0.1, -0.05) is 18.0 Å². The predicted octanol–water partition coefficient (Wildman–Crippen LogP) is 3.70. The number of carbonyl (C=O) groups excluding carboxylic acids is 2. The lowest BCUT2D eigenvalue weighted by atomic mass is 9.85. The molecule has 2 rings (SSSR count). The fraction of sp³-hybridized carbons (Fsp3) is 0.556. The Kier molecular flexibility index (Phi) is 8.69. The first-order chi connectivity index (χ1) is 11.5. The van der Waals surface area contributed by atoms with E-state index in [1.54, 1.807) is 23.1 Å². The van der Waals surface area contributed by atoms with Crippen LogP contribution in [0.3, 0.4) is 0 Å². The average Bonchev–Trinajstić information content (AvgIpc) is 2.56. The van der Waals surface area contributed by atoms with E-state index in [0.717, 1.165) is 25.7 Å². The second-order valence-corrected chi connectivity index (χ2v) is 6.69. The van der Waals surface area contributed by atoms with E-state index in [1.165, 1.54) is 0 Å². The zero-order chi connectivity index (χ0) is 17.7. The van der Waals surface area contributed by atoms with Gasteiger partial charge in [-0.15, -0.1) is 12.4 Å². The van der Waals surface area contributed by atoms with Gasteiger partial charge in [0.1, 0.15) is 0 Å². The lowest BCUT2D eigenvalue weighted by Gasteiger charge is -2.25. The van der Waals surface area contributed by atoms with Crippen LogP contribution in [0.5, 0.6) is 0 Å². The van der Waals surface area contributed by atoms with Crippen LogP contribution in [-0.2, 0) is 4.79 Å². The summed E-state index contributed by atoms with van der Waals surface area (Å²) < 4.78 is 0. The summed E-state index contributed by atoms with van der Waals surface area (Å²) in [7, 11) is 0. The molecule has 1 fully saturated rings. The number of nitrogens with zero attached hydrogens (tertiary/aromatic N) is 1. The van der Waals surface area contributed by atoms with Gasteiger partial charge in [-0.25, -0.2) is 0 Å². The summed E-state index contributed by atoms with van der Waals surface area (Å²) in [6.07, 6.45) is 3.55. The van der Waals surface area contributed by atoms with Crippen molar-refractivity contribution in [3.63, 3.8) is 0 Å². The molecule has 3 N–H and O–H groups in total. The minimum absolute atomic E-state index is 0. The molecule has 0 aliphatic heterocycles. The Morgan fingerprint density at radius 1 is 1.28 bits per heavy atom. The summed E-state index contributed by atoms with van der Waals surface area (Å²) in [4.78, 5) is 26.5. The van der Waals surface area contributed by atoms with E-state index in [0.29, 0.717) is 29.4 Å². The predicted molar refractivity (Wildman–Crippen MR) is 105 cm³/mol. The van der Waals surface area contributed by atoms with Gasteiger partial charge in [0, 0.05) is 30.7 Å². The molecule has 0 saturated heterocycles. The number of rotatable bonds is 5. The number of anilines is 1. The van der Waals surface area contributed by atoms with Crippen molar-refractivity contribution in [3.8, 4) is 0 Å². The van der Waals surface area contributed by atoms with Crippen molar-refractivity contribution < 1.29 is 9.59 Å². The van der Waals surface area contributed by atoms with Crippen LogP contribution < -0.4 is 11.1 Å². The first kappa shape index (κ1) is 21.7. The quantitative estimate of drug-likeness (QED) is 0.808. The average molecular weight is 388 g/mol. The third-order valence-electron chi connectivity index (χ3n) is 4.60. The Morgan fingerprint density at radius 3 is 2.52 bits per heavy atom. The third kappa shape index (κ3) is 5.59. The number of hydrogen-bond acceptors (Lipinski definition) is 3. The second-order valence-electron chi connectivity index (χ2n) is 6.28. The second kappa shape index (κ2) is 10.00. The van der Waals surface area contributed by atoms with E-state index < -0.39 is 0 Å². The molecular formula is C18H27Cl2N3O2. The largest absolute Gasteiger partial charge is 0.339 e. The van der Waals surface area contributed by atoms with Gasteiger partial charge in [0.2, 0.25) is 5.91 Å². The van der Waals surface area contributed by atoms with E-state index in [1.807, 2.05) is 13.8 Å². The number of nitrogens with two attached hydrogens (primary N) is 1. The molecule has 7 heteroatoms. The lowest BCUT2D eigenvalue weighted by Crippen LogP contribution is -2.34. The normalized spacial score (nSPS) is 19.7. The Labute approximate surface area is 160 Å². The number of benzene rings is 1. The number of amides is 2. The molecule has 1 aromatic rings. The number of hydrogen-bond donors (Lipinski definition) is 2. The Hall–Kier alpha value is -1.30. The zero-order valence-electron chi connectivity index (χ0n) is 14.8. The van der Waals surface area contributed by atoms with E-state index >= 15 is 0 Å². The molecule has 25 heavy (non-hydrogen) atoms. The topological polar surface area (TPSA) is 75.4 Å². The molecule has 5 nitrogen and oxygen atoms in total. The van der Waals surface area contributed by atoms with Crippen LogP contribution >= 0.6 is 24.0 Å². The van der Waals surface area contributed by atoms with E-state index in [4.69, 9.17) is 17.3 Å². The van der Waals surface area contributed by atoms with Crippen molar-refractivity contribution >= 4 is 41.5 Å². The van der Waals surface area contributed by atoms with Gasteiger partial charge in [-0.2, -0.15) is 0 Å². The summed E-state index contributed by atoms with van der Waals surface area (Å²) in [5, 5.41) is 3.24. The molecule has 0 heterocycles. The fourth-order valence-corrected chi connectivity index (χ4v) is 3.42. The molecule has 1 aliphatic rings. The minimum Gasteiger partial charge on any atom is -0.339 e. The highest BCUT2D eigenvalue weighted by Crippen LogP contribution is 2.26. The van der Waals surface area contributed by atoms with Crippen LogP contribution in [0.2, 0.25) is 5.02 Å². The highest BCUT2D eigenvalue weighted by atomic mass is 35.5. The van der Waals surface area contributed by atoms with Crippen LogP contribution in [0.1, 0.15) is 49.9 Å². The minimum atomic E-state index is -0.0962. The van der Waals surface area contributed by atoms with E-state index in [9.17, 15) is 9.59 Å². The molecule has 0 aromatic heterocycles. The Bertz CT molecular complexity index is 606. The van der Waals surface area contributed by atoms with Gasteiger partial charge in [0.15, 0.2) is 0 Å². The van der Waals surface area contributed by atoms with Crippen molar-refractivity contribution in [2.24, 2.45) is 11.7 Å². The number of nitrogens with one attached hydrogen (secondary N) is 1. The maximum atomic E-state index is 12.4. The molecule has 2 unspecified atom stereocenters. The first-order valence-corrected chi connectivity index (χ1v) is 8.99. The highest BCUT2D eigenvalue weighted by molar-refractivity contribution is 6.34. The summed E-state index contributed by atoms with van der Waals surface area (Å²) in [5.41, 5.74) is 7.01. The van der Waals surface area contributed by atoms with E-state index in [2.05, 4.69) is 5.32 Å². The molecule has 140 valence electrons. The van der Waals surface area contributed by atoms with Gasteiger partial charge in [-0.05, 0) is 51.3 Å². The zero-order valence-corrected chi connectivity index (χ0v) is 16.3. The van der Waals surface area contributed by atoms with Gasteiger partial charge in [-0.3, -0.25) is 9.59 Å². The monoisotopic (exact) mass is 387 g/mol. The molecule has 0 radical (unpaired) electrons. The van der Waals surface area contributed by atoms with Crippen molar-refractivity contribution in [3.05, 3.63) is 28.8 Å². The van der Waals surface area contributed by atoms with Crippen LogP contribution in [0, 0.1) is 5.92 Å². The van der Waals surface area contributed by atoms with Gasteiger partial charge < -0.3 is 16.0 Å². The smallest absolute Gasteiger partial charge is 0.255 e. The molecule has 0 spiro atoms. The first-order valence-electron chi connectivity index (χ1n) is 8.61. The molecule has 0 bridgehead atoms. The van der Waals surface area contributed by atoms with Gasteiger partial charge in [0.05, 0.1) is 10.6 Å². The molecule has 2 atom stereocenters. The molecule has 1 aliphatic carbocycles. The summed E-state index contributed by atoms with van der Waals surface area (Å²) in [5.74, 6) is -0.172. The van der Waals surface area contributed by atoms with Gasteiger partial charge in [0.25, 0.3) is 5.91 Å². The molecule has 2 amide bonds. The van der Waals surface area contributed by atoms with Crippen molar-refractivity contribution in [2.75, 3.05) is 18.4 Å². The third-order valence-corrected chi connectivity index (χ3v) is 4.92. The van der Waals surface area contributed by atoms with E-state index in [-0.39, 0.29) is 36.2 Å². The summed E-state index contributed by atoms with van der Waals surface area (Å²) >= 11 is 6.26. The Balaban J connectivity index is 0.00000312. The van der Waals surface area contributed by atoms with Crippen LogP contribution in [0.4, 0.5) is 5.69 Å². The number of carbonyl (C=O) groups is 2. The lowest BCUT2D eigenvalue weighted by molar-refractivity contribution is -0.120. The van der Waals surface area contributed by atoms with Crippen molar-refractivity contribution in [1.82, 2.24) is 4.90 Å². The summed E-state index contributed by atoms with van der Waals surface area (Å²) in [6.45, 7) is 5.12. The molecule has 1 aromatic carbocycles. The van der Waals surface area contributed by atoms with Crippen LogP contribution in [-0.4, -0.2) is 35.8 Å². The molecule has 1 saturated carbocycles. The highest BCUT2D eigenvalue weighted by Gasteiger charge is 2.25. The van der Waals surface area contributed by atoms with Gasteiger partial charge >= 0.3 is 0 Å².